The zero-order valence-corrected chi connectivity index (χ0v) is 21.9. The maximum Gasteiger partial charge on any atom is 0.224 e. The first-order chi connectivity index (χ1) is 17.6. The van der Waals surface area contributed by atoms with E-state index in [-0.39, 0.29) is 29.7 Å². The monoisotopic (exact) mass is 509 g/mol. The Bertz CT molecular complexity index is 1210. The third-order valence-corrected chi connectivity index (χ3v) is 8.12. The van der Waals surface area contributed by atoms with Crippen molar-refractivity contribution in [2.24, 2.45) is 11.1 Å². The number of likely N-dealkylation sites (tertiary alicyclic amines) is 1. The molecule has 0 saturated carbocycles. The lowest BCUT2D eigenvalue weighted by Gasteiger charge is -2.59. The van der Waals surface area contributed by atoms with E-state index < -0.39 is 12.2 Å². The lowest BCUT2D eigenvalue weighted by atomic mass is 9.64. The summed E-state index contributed by atoms with van der Waals surface area (Å²) in [5, 5.41) is 26.2. The Labute approximate surface area is 216 Å². The first-order valence-electron chi connectivity index (χ1n) is 12.6. The van der Waals surface area contributed by atoms with Crippen LogP contribution in [0, 0.1) is 5.41 Å². The number of H-pyrrole nitrogens is 1. The second kappa shape index (κ2) is 10.5. The van der Waals surface area contributed by atoms with E-state index in [2.05, 4.69) is 48.1 Å². The molecule has 0 bridgehead atoms. The number of phenolic OH excluding ortho intramolecular Hbond substituents is 1. The van der Waals surface area contributed by atoms with Crippen LogP contribution in [0.5, 0.6) is 5.75 Å². The summed E-state index contributed by atoms with van der Waals surface area (Å²) < 4.78 is 13.8. The highest BCUT2D eigenvalue weighted by Crippen LogP contribution is 2.46. The molecule has 1 fully saturated rings. The van der Waals surface area contributed by atoms with E-state index in [1.807, 2.05) is 21.9 Å². The van der Waals surface area contributed by atoms with Gasteiger partial charge in [0, 0.05) is 60.4 Å². The number of piperidine rings is 1. The minimum absolute atomic E-state index is 0.0406. The molecule has 1 unspecified atom stereocenters. The molecule has 9 nitrogen and oxygen atoms in total. The van der Waals surface area contributed by atoms with Crippen LogP contribution in [-0.4, -0.2) is 74.2 Å². The molecule has 1 aromatic carbocycles. The van der Waals surface area contributed by atoms with E-state index in [9.17, 15) is 14.3 Å². The largest absolute Gasteiger partial charge is 0.507 e. The fraction of sp³-hybridized carbons (Fsp3) is 0.481. The third-order valence-electron chi connectivity index (χ3n) is 8.12. The molecular weight excluding hydrogens is 473 g/mol. The number of nitrogens with one attached hydrogen (secondary N) is 1. The van der Waals surface area contributed by atoms with Crippen molar-refractivity contribution in [3.8, 4) is 28.1 Å². The van der Waals surface area contributed by atoms with Gasteiger partial charge in [0.15, 0.2) is 5.82 Å². The normalized spacial score (nSPS) is 18.5. The van der Waals surface area contributed by atoms with Crippen LogP contribution in [0.25, 0.3) is 22.4 Å². The van der Waals surface area contributed by atoms with Crippen molar-refractivity contribution < 1.29 is 14.3 Å². The molecule has 0 aliphatic carbocycles. The van der Waals surface area contributed by atoms with Gasteiger partial charge in [-0.05, 0) is 50.1 Å². The Hall–Kier alpha value is -3.53. The first-order valence-corrected chi connectivity index (χ1v) is 12.6. The van der Waals surface area contributed by atoms with Gasteiger partial charge < -0.3 is 20.6 Å². The van der Waals surface area contributed by atoms with Gasteiger partial charge in [-0.1, -0.05) is 19.9 Å². The number of hydrogen-bond acceptors (Lipinski definition) is 7. The molecule has 0 spiro atoms. The van der Waals surface area contributed by atoms with Crippen molar-refractivity contribution in [3.63, 3.8) is 0 Å². The molecule has 3 heterocycles. The van der Waals surface area contributed by atoms with Crippen molar-refractivity contribution in [2.75, 3.05) is 31.2 Å². The molecular formula is C27H36FN7O2. The van der Waals surface area contributed by atoms with E-state index in [1.165, 1.54) is 0 Å². The van der Waals surface area contributed by atoms with Gasteiger partial charge in [0.05, 0.1) is 11.9 Å². The van der Waals surface area contributed by atoms with Gasteiger partial charge in [-0.3, -0.25) is 9.89 Å². The highest BCUT2D eigenvalue weighted by atomic mass is 19.1. The van der Waals surface area contributed by atoms with Crippen molar-refractivity contribution in [3.05, 3.63) is 42.7 Å². The molecule has 3 aromatic rings. The lowest BCUT2D eigenvalue weighted by Crippen LogP contribution is -2.68. The zero-order chi connectivity index (χ0) is 26.8. The second-order valence-corrected chi connectivity index (χ2v) is 10.5. The number of rotatable bonds is 8. The molecule has 1 amide bonds. The lowest BCUT2D eigenvalue weighted by molar-refractivity contribution is -0.147. The molecule has 1 saturated heterocycles. The Morgan fingerprint density at radius 2 is 2.00 bits per heavy atom. The molecule has 0 radical (unpaired) electrons. The number of nitrogens with two attached hydrogens (primary N) is 1. The van der Waals surface area contributed by atoms with Gasteiger partial charge in [0.1, 0.15) is 12.4 Å². The number of amides is 1. The van der Waals surface area contributed by atoms with Crippen LogP contribution in [0.4, 0.5) is 10.2 Å². The maximum absolute atomic E-state index is 13.8. The summed E-state index contributed by atoms with van der Waals surface area (Å²) in [5.41, 5.74) is 7.55. The number of carbonyl (C=O) groups excluding carboxylic acids is 1. The molecule has 198 valence electrons. The van der Waals surface area contributed by atoms with E-state index in [0.717, 1.165) is 11.1 Å². The summed E-state index contributed by atoms with van der Waals surface area (Å²) >= 11 is 0. The highest BCUT2D eigenvalue weighted by molar-refractivity contribution is 5.77. The summed E-state index contributed by atoms with van der Waals surface area (Å²) in [6.45, 7) is 8.86. The zero-order valence-electron chi connectivity index (χ0n) is 21.9. The topological polar surface area (TPSA) is 124 Å². The van der Waals surface area contributed by atoms with Gasteiger partial charge in [-0.2, -0.15) is 5.10 Å². The number of aromatic hydroxyl groups is 1. The van der Waals surface area contributed by atoms with Crippen LogP contribution in [0.1, 0.15) is 40.5 Å². The average molecular weight is 510 g/mol. The third kappa shape index (κ3) is 4.90. The Balaban J connectivity index is 1.60. The van der Waals surface area contributed by atoms with Crippen molar-refractivity contribution >= 4 is 11.7 Å². The Kier molecular flexibility index (Phi) is 7.49. The number of halogens is 1. The predicted octanol–water partition coefficient (Wildman–Crippen LogP) is 3.77. The minimum Gasteiger partial charge on any atom is -0.507 e. The van der Waals surface area contributed by atoms with Crippen LogP contribution in [-0.2, 0) is 4.79 Å². The van der Waals surface area contributed by atoms with E-state index >= 15 is 0 Å². The average Bonchev–Trinajstić information content (AvgIpc) is 3.40. The van der Waals surface area contributed by atoms with E-state index in [4.69, 9.17) is 5.73 Å². The quantitative estimate of drug-likeness (QED) is 0.422. The molecule has 2 aromatic heterocycles. The van der Waals surface area contributed by atoms with Crippen molar-refractivity contribution in [2.45, 2.75) is 52.1 Å². The number of aromatic amines is 1. The van der Waals surface area contributed by atoms with Crippen molar-refractivity contribution in [1.82, 2.24) is 25.3 Å². The minimum atomic E-state index is -0.539. The van der Waals surface area contributed by atoms with Gasteiger partial charge in [-0.25, -0.2) is 4.39 Å². The maximum atomic E-state index is 13.8. The number of nitrogens with zero attached hydrogens (tertiary/aromatic N) is 5. The number of benzene rings is 1. The molecule has 4 N–H and O–H groups in total. The smallest absolute Gasteiger partial charge is 0.224 e. The molecule has 37 heavy (non-hydrogen) atoms. The summed E-state index contributed by atoms with van der Waals surface area (Å²) in [6, 6.07) is 8.88. The number of hydrogen-bond donors (Lipinski definition) is 3. The summed E-state index contributed by atoms with van der Waals surface area (Å²) in [7, 11) is 0. The fourth-order valence-corrected chi connectivity index (χ4v) is 5.37. The van der Waals surface area contributed by atoms with Crippen LogP contribution < -0.4 is 10.6 Å². The predicted molar refractivity (Wildman–Crippen MR) is 142 cm³/mol. The summed E-state index contributed by atoms with van der Waals surface area (Å²) in [4.78, 5) is 16.7. The van der Waals surface area contributed by atoms with Gasteiger partial charge >= 0.3 is 0 Å². The number of alkyl halides is 1. The van der Waals surface area contributed by atoms with Crippen LogP contribution in [0.3, 0.4) is 0 Å². The molecule has 1 aliphatic rings. The highest BCUT2D eigenvalue weighted by Gasteiger charge is 2.53. The Morgan fingerprint density at radius 1 is 1.22 bits per heavy atom. The van der Waals surface area contributed by atoms with Gasteiger partial charge in [0.25, 0.3) is 0 Å². The summed E-state index contributed by atoms with van der Waals surface area (Å²) in [6.07, 6.45) is 4.42. The standard InChI is InChI=1S/C27H36FN7O2/c1-26(2)23(10-13-35(27(26,3)4)25(37)9-12-29)34(14-11-28)24-8-7-21(32-33-24)20-6-5-18(15-22(20)36)19-16-30-31-17-19/h5-8,15-17,23,36H,9-14,29H2,1-4H3,(H,30,31). The summed E-state index contributed by atoms with van der Waals surface area (Å²) in [5.74, 6) is 0.684. The fourth-order valence-electron chi connectivity index (χ4n) is 5.37. The second-order valence-electron chi connectivity index (χ2n) is 10.5. The van der Waals surface area contributed by atoms with Crippen LogP contribution in [0.15, 0.2) is 42.7 Å². The number of carbonyl (C=O) groups is 1. The first kappa shape index (κ1) is 26.5. The Morgan fingerprint density at radius 3 is 2.59 bits per heavy atom. The number of anilines is 1. The van der Waals surface area contributed by atoms with Crippen molar-refractivity contribution in [1.29, 1.82) is 0 Å². The molecule has 4 rings (SSSR count). The van der Waals surface area contributed by atoms with Crippen LogP contribution in [0.2, 0.25) is 0 Å². The molecule has 1 atom stereocenters. The SMILES string of the molecule is CC1(C)C(N(CCF)c2ccc(-c3ccc(-c4cn[nH]c4)cc3O)nn2)CCN(C(=O)CCN)C1(C)C. The van der Waals surface area contributed by atoms with Crippen LogP contribution >= 0.6 is 0 Å². The number of phenols is 1. The molecule has 10 heteroatoms. The van der Waals surface area contributed by atoms with Gasteiger partial charge in [-0.15, -0.1) is 10.2 Å². The number of aromatic nitrogens is 4. The molecule has 1 aliphatic heterocycles. The van der Waals surface area contributed by atoms with E-state index in [0.29, 0.717) is 43.0 Å². The van der Waals surface area contributed by atoms with E-state index in [1.54, 1.807) is 30.6 Å². The van der Waals surface area contributed by atoms with Gasteiger partial charge in [0.2, 0.25) is 5.91 Å².